The van der Waals surface area contributed by atoms with E-state index in [0.717, 1.165) is 55.1 Å². The van der Waals surface area contributed by atoms with Crippen molar-refractivity contribution in [3.05, 3.63) is 95.8 Å². The van der Waals surface area contributed by atoms with E-state index in [2.05, 4.69) is 85.1 Å². The first-order valence-electron chi connectivity index (χ1n) is 13.1. The molecule has 186 valence electrons. The second kappa shape index (κ2) is 11.0. The number of carbonyl (C=O) groups excluding carboxylic acids is 1. The maximum Gasteiger partial charge on any atom is 0.223 e. The first kappa shape index (κ1) is 24.1. The molecule has 1 saturated heterocycles. The first-order chi connectivity index (χ1) is 17.6. The Labute approximate surface area is 213 Å². The molecule has 0 N–H and O–H groups in total. The van der Waals surface area contributed by atoms with Crippen LogP contribution in [0.3, 0.4) is 0 Å². The van der Waals surface area contributed by atoms with E-state index in [1.165, 1.54) is 11.1 Å². The Balaban J connectivity index is 1.24. The van der Waals surface area contributed by atoms with Crippen molar-refractivity contribution in [2.45, 2.75) is 51.5 Å². The molecule has 1 atom stereocenters. The van der Waals surface area contributed by atoms with Gasteiger partial charge in [0.15, 0.2) is 0 Å². The highest BCUT2D eigenvalue weighted by molar-refractivity contribution is 5.81. The van der Waals surface area contributed by atoms with E-state index in [9.17, 15) is 4.79 Å². The van der Waals surface area contributed by atoms with E-state index in [0.29, 0.717) is 18.9 Å². The van der Waals surface area contributed by atoms with Gasteiger partial charge in [0.1, 0.15) is 11.6 Å². The second-order valence-electron chi connectivity index (χ2n) is 10.0. The van der Waals surface area contributed by atoms with Crippen LogP contribution in [0.4, 0.5) is 0 Å². The third-order valence-electron chi connectivity index (χ3n) is 7.12. The van der Waals surface area contributed by atoms with E-state index in [-0.39, 0.29) is 11.8 Å². The van der Waals surface area contributed by atoms with Crippen LogP contribution < -0.4 is 4.74 Å². The van der Waals surface area contributed by atoms with Crippen LogP contribution in [0.15, 0.2) is 78.9 Å². The topological polar surface area (TPSA) is 47.4 Å². The quantitative estimate of drug-likeness (QED) is 0.254. The third-order valence-corrected chi connectivity index (χ3v) is 7.12. The number of ether oxygens (including phenoxy) is 1. The Morgan fingerprint density at radius 2 is 1.69 bits per heavy atom. The van der Waals surface area contributed by atoms with Crippen molar-refractivity contribution >= 4 is 16.9 Å². The van der Waals surface area contributed by atoms with Crippen LogP contribution in [-0.2, 0) is 17.8 Å². The SMILES string of the molecule is CC(C)c1ccc(OCCCn2c(C3CC(=O)N(CCc4ccccc4)C3)nc3ccccc32)cc1. The molecule has 2 heterocycles. The van der Waals surface area contributed by atoms with Gasteiger partial charge in [-0.05, 0) is 54.2 Å². The van der Waals surface area contributed by atoms with Crippen molar-refractivity contribution in [1.29, 1.82) is 0 Å². The maximum atomic E-state index is 12.9. The molecular weight excluding hydrogens is 446 g/mol. The molecule has 0 aliphatic carbocycles. The molecule has 0 saturated carbocycles. The molecule has 1 unspecified atom stereocenters. The van der Waals surface area contributed by atoms with Crippen LogP contribution in [0.1, 0.15) is 55.5 Å². The minimum absolute atomic E-state index is 0.116. The number of aromatic nitrogens is 2. The van der Waals surface area contributed by atoms with Crippen molar-refractivity contribution in [2.75, 3.05) is 19.7 Å². The zero-order valence-corrected chi connectivity index (χ0v) is 21.3. The second-order valence-corrected chi connectivity index (χ2v) is 10.0. The van der Waals surface area contributed by atoms with E-state index in [1.807, 2.05) is 17.0 Å². The van der Waals surface area contributed by atoms with E-state index >= 15 is 0 Å². The highest BCUT2D eigenvalue weighted by Gasteiger charge is 2.33. The van der Waals surface area contributed by atoms with Crippen LogP contribution in [0.2, 0.25) is 0 Å². The molecule has 0 spiro atoms. The molecule has 1 aromatic heterocycles. The fraction of sp³-hybridized carbons (Fsp3) is 0.355. The van der Waals surface area contributed by atoms with Crippen molar-refractivity contribution in [2.24, 2.45) is 0 Å². The fourth-order valence-corrected chi connectivity index (χ4v) is 5.07. The van der Waals surface area contributed by atoms with Gasteiger partial charge in [-0.25, -0.2) is 4.98 Å². The number of nitrogens with zero attached hydrogens (tertiary/aromatic N) is 3. The summed E-state index contributed by atoms with van der Waals surface area (Å²) >= 11 is 0. The number of amides is 1. The average Bonchev–Trinajstić information content (AvgIpc) is 3.46. The number of benzene rings is 3. The lowest BCUT2D eigenvalue weighted by molar-refractivity contribution is -0.127. The van der Waals surface area contributed by atoms with Crippen molar-refractivity contribution in [3.8, 4) is 5.75 Å². The normalized spacial score (nSPS) is 15.8. The molecule has 1 fully saturated rings. The zero-order chi connectivity index (χ0) is 24.9. The minimum Gasteiger partial charge on any atom is -0.494 e. The Morgan fingerprint density at radius 1 is 0.944 bits per heavy atom. The molecule has 1 aliphatic heterocycles. The van der Waals surface area contributed by atoms with Crippen LogP contribution in [0.25, 0.3) is 11.0 Å². The number of para-hydroxylation sites is 2. The lowest BCUT2D eigenvalue weighted by Crippen LogP contribution is -2.27. The van der Waals surface area contributed by atoms with Gasteiger partial charge < -0.3 is 14.2 Å². The van der Waals surface area contributed by atoms with Gasteiger partial charge in [-0.2, -0.15) is 0 Å². The summed E-state index contributed by atoms with van der Waals surface area (Å²) in [7, 11) is 0. The number of hydrogen-bond acceptors (Lipinski definition) is 3. The third kappa shape index (κ3) is 5.46. The van der Waals surface area contributed by atoms with Gasteiger partial charge in [-0.15, -0.1) is 0 Å². The smallest absolute Gasteiger partial charge is 0.223 e. The Kier molecular flexibility index (Phi) is 7.36. The lowest BCUT2D eigenvalue weighted by atomic mass is 10.0. The summed E-state index contributed by atoms with van der Waals surface area (Å²) in [5.41, 5.74) is 4.71. The molecule has 4 aromatic rings. The molecule has 5 rings (SSSR count). The highest BCUT2D eigenvalue weighted by atomic mass is 16.5. The predicted octanol–water partition coefficient (Wildman–Crippen LogP) is 6.19. The summed E-state index contributed by atoms with van der Waals surface area (Å²) in [6.45, 7) is 7.33. The number of hydrogen-bond donors (Lipinski definition) is 0. The van der Waals surface area contributed by atoms with Crippen LogP contribution in [0, 0.1) is 0 Å². The average molecular weight is 482 g/mol. The maximum absolute atomic E-state index is 12.9. The molecule has 0 radical (unpaired) electrons. The molecule has 3 aromatic carbocycles. The van der Waals surface area contributed by atoms with Crippen molar-refractivity contribution < 1.29 is 9.53 Å². The predicted molar refractivity (Wildman–Crippen MR) is 144 cm³/mol. The van der Waals surface area contributed by atoms with Gasteiger partial charge in [-0.1, -0.05) is 68.4 Å². The molecular formula is C31H35N3O2. The monoisotopic (exact) mass is 481 g/mol. The minimum atomic E-state index is 0.116. The van der Waals surface area contributed by atoms with E-state index in [4.69, 9.17) is 9.72 Å². The van der Waals surface area contributed by atoms with E-state index < -0.39 is 0 Å². The molecule has 1 amide bonds. The Morgan fingerprint density at radius 3 is 2.47 bits per heavy atom. The Hall–Kier alpha value is -3.60. The number of carbonyl (C=O) groups is 1. The number of fused-ring (bicyclic) bond motifs is 1. The number of rotatable bonds is 10. The van der Waals surface area contributed by atoms with Crippen LogP contribution in [0.5, 0.6) is 5.75 Å². The van der Waals surface area contributed by atoms with Gasteiger partial charge in [0.2, 0.25) is 5.91 Å². The van der Waals surface area contributed by atoms with Gasteiger partial charge in [-0.3, -0.25) is 4.79 Å². The Bertz CT molecular complexity index is 1290. The van der Waals surface area contributed by atoms with Crippen molar-refractivity contribution in [3.63, 3.8) is 0 Å². The summed E-state index contributed by atoms with van der Waals surface area (Å²) in [6, 6.07) is 27.0. The summed E-state index contributed by atoms with van der Waals surface area (Å²) in [5.74, 6) is 2.79. The van der Waals surface area contributed by atoms with Crippen LogP contribution in [-0.4, -0.2) is 40.1 Å². The molecule has 36 heavy (non-hydrogen) atoms. The number of imidazole rings is 1. The van der Waals surface area contributed by atoms with Crippen LogP contribution >= 0.6 is 0 Å². The molecule has 1 aliphatic rings. The lowest BCUT2D eigenvalue weighted by Gasteiger charge is -2.17. The number of aryl methyl sites for hydroxylation is 1. The highest BCUT2D eigenvalue weighted by Crippen LogP contribution is 2.31. The molecule has 5 nitrogen and oxygen atoms in total. The summed E-state index contributed by atoms with van der Waals surface area (Å²) < 4.78 is 8.33. The first-order valence-corrected chi connectivity index (χ1v) is 13.1. The molecule has 5 heteroatoms. The van der Waals surface area contributed by atoms with Crippen molar-refractivity contribution in [1.82, 2.24) is 14.5 Å². The largest absolute Gasteiger partial charge is 0.494 e. The summed E-state index contributed by atoms with van der Waals surface area (Å²) in [6.07, 6.45) is 2.28. The summed E-state index contributed by atoms with van der Waals surface area (Å²) in [4.78, 5) is 19.9. The molecule has 0 bridgehead atoms. The fourth-order valence-electron chi connectivity index (χ4n) is 5.07. The zero-order valence-electron chi connectivity index (χ0n) is 21.3. The summed E-state index contributed by atoms with van der Waals surface area (Å²) in [5, 5.41) is 0. The van der Waals surface area contributed by atoms with Gasteiger partial charge in [0.05, 0.1) is 17.6 Å². The van der Waals surface area contributed by atoms with Gasteiger partial charge in [0, 0.05) is 32.0 Å². The number of likely N-dealkylation sites (tertiary alicyclic amines) is 1. The van der Waals surface area contributed by atoms with Gasteiger partial charge in [0.25, 0.3) is 0 Å². The van der Waals surface area contributed by atoms with E-state index in [1.54, 1.807) is 0 Å². The standard InChI is InChI=1S/C31H35N3O2/c1-23(2)25-13-15-27(16-14-25)36-20-8-18-34-29-12-7-6-11-28(29)32-31(34)26-21-30(35)33(22-26)19-17-24-9-4-3-5-10-24/h3-7,9-16,23,26H,8,17-22H2,1-2H3. The van der Waals surface area contributed by atoms with Gasteiger partial charge >= 0.3 is 0 Å².